The Morgan fingerprint density at radius 1 is 1.26 bits per heavy atom. The summed E-state index contributed by atoms with van der Waals surface area (Å²) in [5.41, 5.74) is 2.77. The van der Waals surface area contributed by atoms with Crippen LogP contribution in [0.3, 0.4) is 0 Å². The lowest BCUT2D eigenvalue weighted by molar-refractivity contribution is -0.113. The van der Waals surface area contributed by atoms with E-state index in [1.54, 1.807) is 22.8 Å². The number of carbonyl (C=O) groups excluding carboxylic acids is 1. The average molecular weight is 456 g/mol. The predicted molar refractivity (Wildman–Crippen MR) is 122 cm³/mol. The monoisotopic (exact) mass is 455 g/mol. The van der Waals surface area contributed by atoms with Crippen molar-refractivity contribution in [3.05, 3.63) is 69.7 Å². The first-order chi connectivity index (χ1) is 15.0. The molecule has 0 bridgehead atoms. The predicted octanol–water partition coefficient (Wildman–Crippen LogP) is 3.81. The van der Waals surface area contributed by atoms with Crippen molar-refractivity contribution in [1.29, 1.82) is 0 Å². The fourth-order valence-corrected chi connectivity index (χ4v) is 4.05. The summed E-state index contributed by atoms with van der Waals surface area (Å²) in [6.07, 6.45) is 1.34. The van der Waals surface area contributed by atoms with Gasteiger partial charge in [-0.3, -0.25) is 14.2 Å². The number of fused-ring (bicyclic) bond motifs is 1. The molecule has 0 fully saturated rings. The molecule has 0 aliphatic carbocycles. The van der Waals surface area contributed by atoms with Crippen molar-refractivity contribution < 1.29 is 9.53 Å². The number of thioether (sulfide) groups is 1. The molecule has 1 amide bonds. The number of hydrogen-bond donors (Lipinski definition) is 2. The molecule has 0 atom stereocenters. The molecular weight excluding hydrogens is 438 g/mol. The van der Waals surface area contributed by atoms with E-state index < -0.39 is 0 Å². The van der Waals surface area contributed by atoms with Gasteiger partial charge in [-0.1, -0.05) is 41.1 Å². The Morgan fingerprint density at radius 3 is 2.74 bits per heavy atom. The molecule has 0 spiro atoms. The normalized spacial score (nSPS) is 10.9. The van der Waals surface area contributed by atoms with Crippen LogP contribution in [-0.2, 0) is 4.79 Å². The maximum Gasteiger partial charge on any atom is 0.278 e. The standard InChI is InChI=1S/C21H18ClN5O3S/c1-12-3-6-14(7-4-12)27-19-18(20(29)24-11-23-19)26-21(27)31-10-17(28)25-13-5-8-16(30-2)15(22)9-13/h3-9,11H,10H2,1-2H3,(H,25,28)(H,23,24,29). The molecule has 0 aliphatic rings. The van der Waals surface area contributed by atoms with Gasteiger partial charge in [-0.25, -0.2) is 9.97 Å². The van der Waals surface area contributed by atoms with Gasteiger partial charge in [0.15, 0.2) is 16.3 Å². The number of halogens is 1. The van der Waals surface area contributed by atoms with Crippen LogP contribution in [0.2, 0.25) is 5.02 Å². The van der Waals surface area contributed by atoms with Crippen LogP contribution in [0.4, 0.5) is 5.69 Å². The molecule has 8 nitrogen and oxygen atoms in total. The maximum atomic E-state index is 12.5. The van der Waals surface area contributed by atoms with Crippen molar-refractivity contribution in [1.82, 2.24) is 19.5 Å². The number of H-pyrrole nitrogens is 1. The Morgan fingerprint density at radius 2 is 2.03 bits per heavy atom. The lowest BCUT2D eigenvalue weighted by Crippen LogP contribution is -2.14. The van der Waals surface area contributed by atoms with Crippen molar-refractivity contribution in [2.24, 2.45) is 0 Å². The molecule has 0 saturated carbocycles. The van der Waals surface area contributed by atoms with Gasteiger partial charge in [0.2, 0.25) is 5.91 Å². The zero-order chi connectivity index (χ0) is 22.0. The number of methoxy groups -OCH3 is 1. The second-order valence-electron chi connectivity index (χ2n) is 6.66. The number of rotatable bonds is 6. The third-order valence-corrected chi connectivity index (χ3v) is 5.71. The smallest absolute Gasteiger partial charge is 0.278 e. The number of carbonyl (C=O) groups is 1. The number of hydrogen-bond acceptors (Lipinski definition) is 6. The van der Waals surface area contributed by atoms with Gasteiger partial charge in [0.25, 0.3) is 5.56 Å². The van der Waals surface area contributed by atoms with Gasteiger partial charge in [-0.05, 0) is 37.3 Å². The van der Waals surface area contributed by atoms with Crippen LogP contribution in [0.25, 0.3) is 16.9 Å². The highest BCUT2D eigenvalue weighted by atomic mass is 35.5. The second-order valence-corrected chi connectivity index (χ2v) is 8.01. The van der Waals surface area contributed by atoms with Crippen LogP contribution in [-0.4, -0.2) is 38.3 Å². The molecule has 0 aliphatic heterocycles. The number of aromatic amines is 1. The summed E-state index contributed by atoms with van der Waals surface area (Å²) in [6.45, 7) is 1.99. The highest BCUT2D eigenvalue weighted by Gasteiger charge is 2.18. The van der Waals surface area contributed by atoms with Gasteiger partial charge >= 0.3 is 0 Å². The van der Waals surface area contributed by atoms with Crippen molar-refractivity contribution in [3.63, 3.8) is 0 Å². The number of ether oxygens (including phenoxy) is 1. The molecular formula is C21H18ClN5O3S. The van der Waals surface area contributed by atoms with E-state index in [0.29, 0.717) is 27.3 Å². The van der Waals surface area contributed by atoms with E-state index in [-0.39, 0.29) is 22.7 Å². The number of amides is 1. The van der Waals surface area contributed by atoms with E-state index in [9.17, 15) is 9.59 Å². The SMILES string of the molecule is COc1ccc(NC(=O)CSc2nc3c(=O)[nH]cnc3n2-c2ccc(C)cc2)cc1Cl. The van der Waals surface area contributed by atoms with Gasteiger partial charge in [0.1, 0.15) is 5.75 Å². The summed E-state index contributed by atoms with van der Waals surface area (Å²) in [5, 5.41) is 3.69. The molecule has 31 heavy (non-hydrogen) atoms. The summed E-state index contributed by atoms with van der Waals surface area (Å²) in [7, 11) is 1.52. The lowest BCUT2D eigenvalue weighted by atomic mass is 10.2. The second kappa shape index (κ2) is 8.83. The quantitative estimate of drug-likeness (QED) is 0.429. The maximum absolute atomic E-state index is 12.5. The molecule has 0 unspecified atom stereocenters. The molecule has 4 rings (SSSR count). The Labute approximate surface area is 186 Å². The highest BCUT2D eigenvalue weighted by Crippen LogP contribution is 2.28. The van der Waals surface area contributed by atoms with Gasteiger partial charge in [-0.15, -0.1) is 0 Å². The topological polar surface area (TPSA) is 102 Å². The number of imidazole rings is 1. The molecule has 2 aromatic carbocycles. The average Bonchev–Trinajstić information content (AvgIpc) is 3.13. The zero-order valence-corrected chi connectivity index (χ0v) is 18.3. The molecule has 2 N–H and O–H groups in total. The van der Waals surface area contributed by atoms with Crippen LogP contribution in [0.1, 0.15) is 5.56 Å². The summed E-state index contributed by atoms with van der Waals surface area (Å²) in [4.78, 5) is 36.0. The van der Waals surface area contributed by atoms with E-state index >= 15 is 0 Å². The third kappa shape index (κ3) is 4.42. The zero-order valence-electron chi connectivity index (χ0n) is 16.7. The minimum Gasteiger partial charge on any atom is -0.495 e. The fourth-order valence-electron chi connectivity index (χ4n) is 2.98. The highest BCUT2D eigenvalue weighted by molar-refractivity contribution is 7.99. The van der Waals surface area contributed by atoms with Crippen LogP contribution in [0.15, 0.2) is 58.7 Å². The first-order valence-corrected chi connectivity index (χ1v) is 10.6. The van der Waals surface area contributed by atoms with Crippen LogP contribution >= 0.6 is 23.4 Å². The van der Waals surface area contributed by atoms with Crippen LogP contribution in [0.5, 0.6) is 5.75 Å². The molecule has 10 heteroatoms. The van der Waals surface area contributed by atoms with Crippen molar-refractivity contribution in [2.45, 2.75) is 12.1 Å². The number of anilines is 1. The minimum absolute atomic E-state index is 0.0801. The number of aromatic nitrogens is 4. The van der Waals surface area contributed by atoms with Crippen molar-refractivity contribution in [2.75, 3.05) is 18.2 Å². The van der Waals surface area contributed by atoms with Crippen molar-refractivity contribution in [3.8, 4) is 11.4 Å². The number of nitrogens with one attached hydrogen (secondary N) is 2. The molecule has 2 aromatic heterocycles. The summed E-state index contributed by atoms with van der Waals surface area (Å²) in [6, 6.07) is 12.8. The molecule has 0 saturated heterocycles. The van der Waals surface area contributed by atoms with E-state index in [2.05, 4.69) is 20.3 Å². The Kier molecular flexibility index (Phi) is 5.97. The van der Waals surface area contributed by atoms with Crippen LogP contribution in [0, 0.1) is 6.92 Å². The first kappa shape index (κ1) is 21.0. The molecule has 2 heterocycles. The van der Waals surface area contributed by atoms with Gasteiger partial charge in [0.05, 0.1) is 24.2 Å². The Balaban J connectivity index is 1.59. The summed E-state index contributed by atoms with van der Waals surface area (Å²) < 4.78 is 6.89. The van der Waals surface area contributed by atoms with E-state index in [0.717, 1.165) is 11.3 Å². The third-order valence-electron chi connectivity index (χ3n) is 4.48. The van der Waals surface area contributed by atoms with E-state index in [1.807, 2.05) is 31.2 Å². The van der Waals surface area contributed by atoms with E-state index in [1.165, 1.54) is 25.2 Å². The molecule has 4 aromatic rings. The van der Waals surface area contributed by atoms with E-state index in [4.69, 9.17) is 16.3 Å². The Hall–Kier alpha value is -3.30. The fraction of sp³-hybridized carbons (Fsp3) is 0.143. The summed E-state index contributed by atoms with van der Waals surface area (Å²) in [5.74, 6) is 0.366. The van der Waals surface area contributed by atoms with Gasteiger partial charge in [0, 0.05) is 11.4 Å². The number of aryl methyl sites for hydroxylation is 1. The van der Waals surface area contributed by atoms with Crippen molar-refractivity contribution >= 4 is 46.1 Å². The largest absolute Gasteiger partial charge is 0.495 e. The molecule has 158 valence electrons. The number of benzene rings is 2. The molecule has 0 radical (unpaired) electrons. The first-order valence-electron chi connectivity index (χ1n) is 9.25. The lowest BCUT2D eigenvalue weighted by Gasteiger charge is -2.10. The minimum atomic E-state index is -0.338. The van der Waals surface area contributed by atoms with Crippen LogP contribution < -0.4 is 15.6 Å². The number of nitrogens with zero attached hydrogens (tertiary/aromatic N) is 3. The Bertz CT molecular complexity index is 1320. The van der Waals surface area contributed by atoms with Gasteiger partial charge < -0.3 is 15.0 Å². The van der Waals surface area contributed by atoms with Gasteiger partial charge in [-0.2, -0.15) is 0 Å². The summed E-state index contributed by atoms with van der Waals surface area (Å²) >= 11 is 7.32.